The van der Waals surface area contributed by atoms with Crippen molar-refractivity contribution in [3.63, 3.8) is 0 Å². The third-order valence-electron chi connectivity index (χ3n) is 3.74. The third-order valence-corrected chi connectivity index (χ3v) is 9.74. The summed E-state index contributed by atoms with van der Waals surface area (Å²) in [5, 5.41) is 0. The van der Waals surface area contributed by atoms with Crippen molar-refractivity contribution in [2.75, 3.05) is 0 Å². The molecule has 0 aromatic rings. The van der Waals surface area contributed by atoms with Crippen LogP contribution in [0, 0.1) is 0 Å². The summed E-state index contributed by atoms with van der Waals surface area (Å²) in [6.07, 6.45) is 7.55. The van der Waals surface area contributed by atoms with Crippen molar-refractivity contribution in [3.05, 3.63) is 24.0 Å². The fourth-order valence-corrected chi connectivity index (χ4v) is 8.34. The summed E-state index contributed by atoms with van der Waals surface area (Å²) in [4.78, 5) is 0. The van der Waals surface area contributed by atoms with Crippen molar-refractivity contribution in [2.45, 2.75) is 64.6 Å². The molecular formula is C14H26Cl2OSiZr. The number of hydrogen-bond acceptors (Lipinski definition) is 1. The van der Waals surface area contributed by atoms with Gasteiger partial charge in [-0.2, -0.15) is 0 Å². The van der Waals surface area contributed by atoms with Gasteiger partial charge >= 0.3 is 37.9 Å². The molecule has 110 valence electrons. The molecule has 0 aromatic carbocycles. The quantitative estimate of drug-likeness (QED) is 0.485. The van der Waals surface area contributed by atoms with Gasteiger partial charge < -0.3 is 4.43 Å². The summed E-state index contributed by atoms with van der Waals surface area (Å²) < 4.78 is 6.50. The second-order valence-corrected chi connectivity index (χ2v) is 14.8. The van der Waals surface area contributed by atoms with Crippen molar-refractivity contribution >= 4 is 25.3 Å². The predicted octanol–water partition coefficient (Wildman–Crippen LogP) is 6.40. The van der Waals surface area contributed by atoms with Crippen LogP contribution in [0.15, 0.2) is 24.0 Å². The van der Waals surface area contributed by atoms with Crippen LogP contribution in [0.2, 0.25) is 16.6 Å². The van der Waals surface area contributed by atoms with Crippen LogP contribution in [0.3, 0.4) is 0 Å². The van der Waals surface area contributed by atoms with E-state index >= 15 is 0 Å². The first-order chi connectivity index (χ1) is 8.82. The van der Waals surface area contributed by atoms with Gasteiger partial charge in [0.1, 0.15) is 0 Å². The molecule has 0 atom stereocenters. The van der Waals surface area contributed by atoms with Gasteiger partial charge in [0.05, 0.1) is 5.76 Å². The Labute approximate surface area is 138 Å². The van der Waals surface area contributed by atoms with E-state index in [1.165, 1.54) is 0 Å². The Morgan fingerprint density at radius 3 is 1.74 bits per heavy atom. The van der Waals surface area contributed by atoms with E-state index in [4.69, 9.17) is 21.5 Å². The van der Waals surface area contributed by atoms with Crippen molar-refractivity contribution < 1.29 is 25.3 Å². The molecule has 0 spiro atoms. The van der Waals surface area contributed by atoms with Gasteiger partial charge in [-0.05, 0) is 35.2 Å². The van der Waals surface area contributed by atoms with Gasteiger partial charge in [-0.15, -0.1) is 0 Å². The van der Waals surface area contributed by atoms with Gasteiger partial charge in [-0.25, -0.2) is 0 Å². The van der Waals surface area contributed by atoms with Crippen LogP contribution >= 0.6 is 17.0 Å². The molecule has 0 aromatic heterocycles. The average Bonchev–Trinajstić information content (AvgIpc) is 2.77. The first kappa shape index (κ1) is 20.0. The fraction of sp³-hybridized carbons (Fsp3) is 0.714. The normalized spacial score (nSPS) is 14.6. The van der Waals surface area contributed by atoms with Crippen LogP contribution in [0.25, 0.3) is 0 Å². The zero-order valence-corrected chi connectivity index (χ0v) is 17.8. The predicted molar refractivity (Wildman–Crippen MR) is 85.7 cm³/mol. The van der Waals surface area contributed by atoms with Gasteiger partial charge in [0.15, 0.2) is 0 Å². The standard InChI is InChI=1S/C14H26OSi.2ClH.Zr/c1-11(2)16(12(3)4,13(5)6)15-14-9-7-8-10-14;;;/h7,9-13H,8H2,1-6H3;2*1H;/q;;;+2/p-2. The van der Waals surface area contributed by atoms with Crippen molar-refractivity contribution in [1.82, 2.24) is 0 Å². The van der Waals surface area contributed by atoms with E-state index in [1.54, 1.807) is 0 Å². The van der Waals surface area contributed by atoms with Gasteiger partial charge in [-0.1, -0.05) is 47.6 Å². The topological polar surface area (TPSA) is 9.23 Å². The monoisotopic (exact) mass is 398 g/mol. The minimum atomic E-state index is -1.71. The first-order valence-corrected chi connectivity index (χ1v) is 15.3. The molecular weight excluding hydrogens is 374 g/mol. The number of halogens is 2. The Kier molecular flexibility index (Phi) is 10.3. The second-order valence-electron chi connectivity index (χ2n) is 5.74. The van der Waals surface area contributed by atoms with Crippen LogP contribution in [-0.2, 0) is 25.3 Å². The molecule has 1 aliphatic rings. The Morgan fingerprint density at radius 2 is 1.47 bits per heavy atom. The zero-order chi connectivity index (χ0) is 15.1. The van der Waals surface area contributed by atoms with Crippen LogP contribution in [0.4, 0.5) is 0 Å². The minimum absolute atomic E-state index is 0.655. The SMILES string of the molecule is CC(C)[Si](OC1=CCC=C1)(C(C)C)C(C)C.[Cl][Zr][Cl]. The van der Waals surface area contributed by atoms with E-state index < -0.39 is 29.2 Å². The van der Waals surface area contributed by atoms with E-state index in [1.807, 2.05) is 0 Å². The summed E-state index contributed by atoms with van der Waals surface area (Å²) in [7, 11) is 8.16. The Balaban J connectivity index is 0.000000982. The van der Waals surface area contributed by atoms with Gasteiger partial charge in [-0.3, -0.25) is 0 Å². The molecule has 0 unspecified atom stereocenters. The summed E-state index contributed by atoms with van der Waals surface area (Å²) in [5.74, 6) is 1.11. The van der Waals surface area contributed by atoms with Crippen LogP contribution in [0.5, 0.6) is 0 Å². The molecule has 0 saturated heterocycles. The average molecular weight is 401 g/mol. The van der Waals surface area contributed by atoms with Crippen LogP contribution in [0.1, 0.15) is 48.0 Å². The summed E-state index contributed by atoms with van der Waals surface area (Å²) in [6, 6.07) is 0. The molecule has 0 radical (unpaired) electrons. The number of hydrogen-bond donors (Lipinski definition) is 0. The maximum absolute atomic E-state index is 6.50. The molecule has 0 N–H and O–H groups in total. The Morgan fingerprint density at radius 1 is 1.05 bits per heavy atom. The van der Waals surface area contributed by atoms with Crippen molar-refractivity contribution in [3.8, 4) is 0 Å². The molecule has 1 nitrogen and oxygen atoms in total. The van der Waals surface area contributed by atoms with E-state index in [0.717, 1.165) is 12.2 Å². The number of allylic oxidation sites excluding steroid dienone is 3. The van der Waals surface area contributed by atoms with Gasteiger partial charge in [0.25, 0.3) is 8.32 Å². The molecule has 0 aliphatic heterocycles. The molecule has 0 fully saturated rings. The fourth-order valence-electron chi connectivity index (χ4n) is 3.07. The molecule has 0 heterocycles. The van der Waals surface area contributed by atoms with Crippen molar-refractivity contribution in [2.24, 2.45) is 0 Å². The summed E-state index contributed by atoms with van der Waals surface area (Å²) in [6.45, 7) is 13.9. The third kappa shape index (κ3) is 5.69. The van der Waals surface area contributed by atoms with E-state index in [-0.39, 0.29) is 0 Å². The molecule has 5 heteroatoms. The Hall–Kier alpha value is 0.960. The van der Waals surface area contributed by atoms with E-state index in [0.29, 0.717) is 16.6 Å². The first-order valence-electron chi connectivity index (χ1n) is 6.84. The molecule has 19 heavy (non-hydrogen) atoms. The molecule has 0 amide bonds. The van der Waals surface area contributed by atoms with Gasteiger partial charge in [0.2, 0.25) is 0 Å². The summed E-state index contributed by atoms with van der Waals surface area (Å²) in [5.41, 5.74) is 1.96. The number of rotatable bonds is 5. The van der Waals surface area contributed by atoms with Crippen LogP contribution < -0.4 is 0 Å². The molecule has 1 aliphatic carbocycles. The summed E-state index contributed by atoms with van der Waals surface area (Å²) >= 11 is -0.826. The van der Waals surface area contributed by atoms with Crippen LogP contribution in [-0.4, -0.2) is 8.32 Å². The zero-order valence-electron chi connectivity index (χ0n) is 12.8. The molecule has 1 rings (SSSR count). The molecule has 0 saturated carbocycles. The van der Waals surface area contributed by atoms with E-state index in [2.05, 4.69) is 59.8 Å². The maximum atomic E-state index is 6.50. The Bertz CT molecular complexity index is 293. The molecule has 0 bridgehead atoms. The van der Waals surface area contributed by atoms with E-state index in [9.17, 15) is 0 Å². The van der Waals surface area contributed by atoms with Crippen molar-refractivity contribution in [1.29, 1.82) is 0 Å². The van der Waals surface area contributed by atoms with Gasteiger partial charge in [0, 0.05) is 0 Å². The second kappa shape index (κ2) is 9.82.